The van der Waals surface area contributed by atoms with Crippen LogP contribution in [-0.4, -0.2) is 42.8 Å². The molecular weight excluding hydrogens is 475 g/mol. The smallest absolute Gasteiger partial charge is 0.240 e. The number of Topliss-reactive ketones (excluding diaryl/α,β-unsaturated/α-hetero) is 1. The van der Waals surface area contributed by atoms with Gasteiger partial charge in [0.2, 0.25) is 11.8 Å². The third-order valence-electron chi connectivity index (χ3n) is 7.48. The second-order valence-electron chi connectivity index (χ2n) is 9.26. The maximum absolute atomic E-state index is 14.1. The van der Waals surface area contributed by atoms with Crippen molar-refractivity contribution >= 4 is 29.4 Å². The standard InChI is InChI=1S/C29H23FN2O5/c1-36-21-12-7-17(15-22(21)37-2)27(33)26-24-23(25-20-6-4-3-5-16(20)13-14-31(25)26)28(34)32(29(24)35)19-10-8-18(30)9-11-19/h3-15,23-26H,1-2H3/t23-,24+,25?,26-/m0/s1. The van der Waals surface area contributed by atoms with Crippen molar-refractivity contribution in [3.05, 3.63) is 95.4 Å². The van der Waals surface area contributed by atoms with E-state index in [1.54, 1.807) is 24.4 Å². The summed E-state index contributed by atoms with van der Waals surface area (Å²) in [5, 5.41) is 0. The first-order valence-corrected chi connectivity index (χ1v) is 11.9. The highest BCUT2D eigenvalue weighted by molar-refractivity contribution is 6.24. The SMILES string of the molecule is COc1ccc(C(=O)[C@@H]2[C@@H]3C(=O)N(c4ccc(F)cc4)C(=O)[C@@H]3C3c4ccccc4C=CN32)cc1OC. The zero-order valence-electron chi connectivity index (χ0n) is 20.1. The predicted molar refractivity (Wildman–Crippen MR) is 134 cm³/mol. The van der Waals surface area contributed by atoms with Crippen LogP contribution in [-0.2, 0) is 9.59 Å². The Balaban J connectivity index is 1.48. The summed E-state index contributed by atoms with van der Waals surface area (Å²) in [6, 6.07) is 16.3. The maximum Gasteiger partial charge on any atom is 0.240 e. The molecule has 3 heterocycles. The molecule has 0 aliphatic carbocycles. The van der Waals surface area contributed by atoms with Gasteiger partial charge in [-0.2, -0.15) is 0 Å². The van der Waals surface area contributed by atoms with Gasteiger partial charge in [-0.25, -0.2) is 9.29 Å². The van der Waals surface area contributed by atoms with Gasteiger partial charge < -0.3 is 14.4 Å². The summed E-state index contributed by atoms with van der Waals surface area (Å²) in [7, 11) is 2.99. The predicted octanol–water partition coefficient (Wildman–Crippen LogP) is 4.24. The van der Waals surface area contributed by atoms with E-state index in [1.807, 2.05) is 35.2 Å². The molecule has 0 aromatic heterocycles. The minimum atomic E-state index is -0.918. The van der Waals surface area contributed by atoms with Crippen LogP contribution in [0.2, 0.25) is 0 Å². The molecule has 7 nitrogen and oxygen atoms in total. The van der Waals surface area contributed by atoms with Gasteiger partial charge in [-0.3, -0.25) is 14.4 Å². The van der Waals surface area contributed by atoms with Gasteiger partial charge in [0, 0.05) is 11.8 Å². The molecule has 186 valence electrons. The van der Waals surface area contributed by atoms with Gasteiger partial charge in [0.05, 0.1) is 37.8 Å². The molecule has 2 fully saturated rings. The molecule has 3 aromatic rings. The molecule has 8 heteroatoms. The molecule has 3 aliphatic heterocycles. The van der Waals surface area contributed by atoms with Gasteiger partial charge in [0.1, 0.15) is 11.9 Å². The number of ketones is 1. The molecule has 3 aliphatic rings. The third kappa shape index (κ3) is 3.36. The number of anilines is 1. The van der Waals surface area contributed by atoms with E-state index in [0.29, 0.717) is 17.1 Å². The molecule has 0 N–H and O–H groups in total. The summed E-state index contributed by atoms with van der Waals surface area (Å²) in [4.78, 5) is 44.7. The number of nitrogens with zero attached hydrogens (tertiary/aromatic N) is 2. The number of ether oxygens (including phenoxy) is 2. The molecule has 1 unspecified atom stereocenters. The fourth-order valence-corrected chi connectivity index (χ4v) is 5.86. The minimum Gasteiger partial charge on any atom is -0.493 e. The Kier molecular flexibility index (Phi) is 5.33. The number of halogens is 1. The van der Waals surface area contributed by atoms with Crippen molar-refractivity contribution in [1.82, 2.24) is 4.90 Å². The highest BCUT2D eigenvalue weighted by atomic mass is 19.1. The van der Waals surface area contributed by atoms with Crippen molar-refractivity contribution < 1.29 is 28.2 Å². The maximum atomic E-state index is 14.1. The lowest BCUT2D eigenvalue weighted by atomic mass is 9.83. The van der Waals surface area contributed by atoms with Crippen LogP contribution >= 0.6 is 0 Å². The number of benzene rings is 3. The van der Waals surface area contributed by atoms with Crippen LogP contribution in [0.15, 0.2) is 72.9 Å². The number of fused-ring (bicyclic) bond motifs is 5. The van der Waals surface area contributed by atoms with Gasteiger partial charge in [-0.1, -0.05) is 24.3 Å². The third-order valence-corrected chi connectivity index (χ3v) is 7.48. The normalized spacial score (nSPS) is 23.5. The number of hydrogen-bond acceptors (Lipinski definition) is 6. The number of carbonyl (C=O) groups is 3. The van der Waals surface area contributed by atoms with E-state index in [1.165, 1.54) is 38.5 Å². The molecule has 2 saturated heterocycles. The Morgan fingerprint density at radius 2 is 1.57 bits per heavy atom. The van der Waals surface area contributed by atoms with E-state index in [-0.39, 0.29) is 11.5 Å². The van der Waals surface area contributed by atoms with Crippen LogP contribution in [0, 0.1) is 17.7 Å². The van der Waals surface area contributed by atoms with Crippen LogP contribution in [0.1, 0.15) is 27.5 Å². The van der Waals surface area contributed by atoms with Crippen LogP contribution in [0.3, 0.4) is 0 Å². The lowest BCUT2D eigenvalue weighted by Gasteiger charge is -2.35. The number of imide groups is 1. The fourth-order valence-electron chi connectivity index (χ4n) is 5.86. The first-order chi connectivity index (χ1) is 17.9. The summed E-state index contributed by atoms with van der Waals surface area (Å²) < 4.78 is 24.3. The molecule has 6 rings (SSSR count). The number of hydrogen-bond donors (Lipinski definition) is 0. The summed E-state index contributed by atoms with van der Waals surface area (Å²) in [5.41, 5.74) is 2.44. The molecule has 37 heavy (non-hydrogen) atoms. The highest BCUT2D eigenvalue weighted by Gasteiger charge is 2.64. The average Bonchev–Trinajstić information content (AvgIpc) is 3.40. The van der Waals surface area contributed by atoms with E-state index in [2.05, 4.69) is 0 Å². The Hall–Kier alpha value is -4.46. The Morgan fingerprint density at radius 3 is 2.30 bits per heavy atom. The van der Waals surface area contributed by atoms with Gasteiger partial charge in [-0.05, 0) is 59.7 Å². The number of methoxy groups -OCH3 is 2. The van der Waals surface area contributed by atoms with Crippen LogP contribution < -0.4 is 14.4 Å². The van der Waals surface area contributed by atoms with Gasteiger partial charge in [-0.15, -0.1) is 0 Å². The second-order valence-corrected chi connectivity index (χ2v) is 9.26. The second kappa shape index (κ2) is 8.58. The molecule has 0 spiro atoms. The summed E-state index contributed by atoms with van der Waals surface area (Å²) >= 11 is 0. The van der Waals surface area contributed by atoms with Gasteiger partial charge in [0.25, 0.3) is 0 Å². The Labute approximate surface area is 212 Å². The van der Waals surface area contributed by atoms with Gasteiger partial charge >= 0.3 is 0 Å². The minimum absolute atomic E-state index is 0.286. The monoisotopic (exact) mass is 498 g/mol. The molecular formula is C29H23FN2O5. The molecule has 4 atom stereocenters. The van der Waals surface area contributed by atoms with E-state index in [4.69, 9.17) is 9.47 Å². The van der Waals surface area contributed by atoms with E-state index < -0.39 is 41.6 Å². The van der Waals surface area contributed by atoms with Crippen molar-refractivity contribution in [3.63, 3.8) is 0 Å². The van der Waals surface area contributed by atoms with Crippen LogP contribution in [0.25, 0.3) is 6.08 Å². The number of amides is 2. The lowest BCUT2D eigenvalue weighted by molar-refractivity contribution is -0.123. The lowest BCUT2D eigenvalue weighted by Crippen LogP contribution is -2.44. The largest absolute Gasteiger partial charge is 0.493 e. The number of carbonyl (C=O) groups excluding carboxylic acids is 3. The topological polar surface area (TPSA) is 76.2 Å². The molecule has 0 saturated carbocycles. The van der Waals surface area contributed by atoms with Crippen molar-refractivity contribution in [1.29, 1.82) is 0 Å². The molecule has 2 amide bonds. The zero-order valence-corrected chi connectivity index (χ0v) is 20.1. The first-order valence-electron chi connectivity index (χ1n) is 11.9. The first kappa shape index (κ1) is 23.0. The summed E-state index contributed by atoms with van der Waals surface area (Å²) in [6.45, 7) is 0. The van der Waals surface area contributed by atoms with E-state index in [0.717, 1.165) is 16.0 Å². The van der Waals surface area contributed by atoms with Gasteiger partial charge in [0.15, 0.2) is 17.3 Å². The highest BCUT2D eigenvalue weighted by Crippen LogP contribution is 2.53. The molecule has 3 aromatic carbocycles. The van der Waals surface area contributed by atoms with Crippen molar-refractivity contribution in [2.45, 2.75) is 12.1 Å². The Morgan fingerprint density at radius 1 is 0.865 bits per heavy atom. The van der Waals surface area contributed by atoms with Crippen molar-refractivity contribution in [3.8, 4) is 11.5 Å². The quantitative estimate of drug-likeness (QED) is 0.387. The number of rotatable bonds is 5. The average molecular weight is 499 g/mol. The van der Waals surface area contributed by atoms with Crippen molar-refractivity contribution in [2.75, 3.05) is 19.1 Å². The Bertz CT molecular complexity index is 1470. The molecule has 0 radical (unpaired) electrons. The zero-order chi connectivity index (χ0) is 25.8. The van der Waals surface area contributed by atoms with Crippen molar-refractivity contribution in [2.24, 2.45) is 11.8 Å². The van der Waals surface area contributed by atoms with Crippen LogP contribution in [0.5, 0.6) is 11.5 Å². The summed E-state index contributed by atoms with van der Waals surface area (Å²) in [6.07, 6.45) is 3.70. The summed E-state index contributed by atoms with van der Waals surface area (Å²) in [5.74, 6) is -2.48. The van der Waals surface area contributed by atoms with E-state index in [9.17, 15) is 18.8 Å². The van der Waals surface area contributed by atoms with E-state index >= 15 is 0 Å². The van der Waals surface area contributed by atoms with Crippen LogP contribution in [0.4, 0.5) is 10.1 Å². The molecule has 0 bridgehead atoms. The fraction of sp³-hybridized carbons (Fsp3) is 0.207.